The summed E-state index contributed by atoms with van der Waals surface area (Å²) in [5, 5.41) is 8.96. The van der Waals surface area contributed by atoms with E-state index in [-0.39, 0.29) is 24.9 Å². The van der Waals surface area contributed by atoms with Crippen LogP contribution < -0.4 is 0 Å². The molecule has 0 saturated carbocycles. The van der Waals surface area contributed by atoms with Crippen LogP contribution >= 0.6 is 0 Å². The Kier molecular flexibility index (Phi) is 7.17. The number of carboxylic acid groups (broad SMARTS) is 1. The molecule has 0 aliphatic carbocycles. The molecular formula is C20H36N4O4. The Morgan fingerprint density at radius 1 is 1.11 bits per heavy atom. The maximum Gasteiger partial charge on any atom is 0.411 e. The zero-order valence-corrected chi connectivity index (χ0v) is 17.5. The number of carbonyl (C=O) groups excluding carboxylic acids is 1. The highest BCUT2D eigenvalue weighted by Gasteiger charge is 2.43. The maximum atomic E-state index is 12.2. The van der Waals surface area contributed by atoms with Crippen LogP contribution in [0, 0.1) is 5.92 Å². The van der Waals surface area contributed by atoms with Crippen LogP contribution in [0.1, 0.15) is 39.5 Å². The third-order valence-corrected chi connectivity index (χ3v) is 6.71. The molecule has 0 aromatic carbocycles. The zero-order valence-electron chi connectivity index (χ0n) is 17.5. The van der Waals surface area contributed by atoms with Crippen molar-refractivity contribution in [2.24, 2.45) is 5.92 Å². The Morgan fingerprint density at radius 2 is 1.75 bits per heavy atom. The third kappa shape index (κ3) is 5.15. The van der Waals surface area contributed by atoms with Gasteiger partial charge in [0.2, 0.25) is 0 Å². The van der Waals surface area contributed by atoms with Gasteiger partial charge in [0.25, 0.3) is 0 Å². The second-order valence-electron chi connectivity index (χ2n) is 8.81. The van der Waals surface area contributed by atoms with Crippen molar-refractivity contribution in [2.75, 3.05) is 52.9 Å². The van der Waals surface area contributed by atoms with Gasteiger partial charge in [-0.25, -0.2) is 4.79 Å². The van der Waals surface area contributed by atoms with Gasteiger partial charge in [-0.2, -0.15) is 0 Å². The molecule has 28 heavy (non-hydrogen) atoms. The summed E-state index contributed by atoms with van der Waals surface area (Å²) in [6, 6.07) is 0.707. The summed E-state index contributed by atoms with van der Waals surface area (Å²) in [7, 11) is 1.84. The molecule has 0 spiro atoms. The third-order valence-electron chi connectivity index (χ3n) is 6.71. The predicted octanol–water partition coefficient (Wildman–Crippen LogP) is 1.37. The van der Waals surface area contributed by atoms with Gasteiger partial charge in [0.05, 0.1) is 12.6 Å². The van der Waals surface area contributed by atoms with Crippen molar-refractivity contribution in [3.63, 3.8) is 0 Å². The number of hydrogen-bond donors (Lipinski definition) is 1. The number of cyclic esters (lactones) is 1. The lowest BCUT2D eigenvalue weighted by Gasteiger charge is -2.39. The van der Waals surface area contributed by atoms with Gasteiger partial charge in [0.1, 0.15) is 0 Å². The van der Waals surface area contributed by atoms with E-state index in [2.05, 4.69) is 23.6 Å². The summed E-state index contributed by atoms with van der Waals surface area (Å²) in [4.78, 5) is 31.6. The maximum absolute atomic E-state index is 12.2. The van der Waals surface area contributed by atoms with Gasteiger partial charge < -0.3 is 19.6 Å². The molecule has 8 nitrogen and oxygen atoms in total. The molecule has 8 heteroatoms. The van der Waals surface area contributed by atoms with Crippen molar-refractivity contribution in [3.05, 3.63) is 0 Å². The molecule has 2 atom stereocenters. The van der Waals surface area contributed by atoms with Gasteiger partial charge in [-0.05, 0) is 58.5 Å². The standard InChI is InChI=1S/C20H36N4O4/c1-15(2)23-8-6-16(7-9-23)4-5-17-19(28-20(27)21(17)3)24-12-10-22(11-13-24)14-18(25)26/h15-17,19H,4-14H2,1-3H3,(H,25,26). The number of rotatable bonds is 7. The van der Waals surface area contributed by atoms with E-state index in [0.717, 1.165) is 31.8 Å². The molecular weight excluding hydrogens is 360 g/mol. The molecule has 1 amide bonds. The topological polar surface area (TPSA) is 76.6 Å². The normalized spacial score (nSPS) is 28.9. The molecule has 3 saturated heterocycles. The Labute approximate surface area is 168 Å². The Bertz CT molecular complexity index is 542. The molecule has 3 aliphatic heterocycles. The summed E-state index contributed by atoms with van der Waals surface area (Å²) in [6.07, 6.45) is 4.13. The fraction of sp³-hybridized carbons (Fsp3) is 0.900. The average Bonchev–Trinajstić information content (AvgIpc) is 2.95. The largest absolute Gasteiger partial charge is 0.480 e. The molecule has 3 aliphatic rings. The minimum absolute atomic E-state index is 0.0801. The highest BCUT2D eigenvalue weighted by molar-refractivity contribution is 5.70. The van der Waals surface area contributed by atoms with E-state index in [4.69, 9.17) is 9.84 Å². The van der Waals surface area contributed by atoms with Gasteiger partial charge in [0.15, 0.2) is 6.23 Å². The molecule has 0 aromatic heterocycles. The number of likely N-dealkylation sites (tertiary alicyclic amines) is 1. The first-order valence-corrected chi connectivity index (χ1v) is 10.7. The van der Waals surface area contributed by atoms with E-state index < -0.39 is 5.97 Å². The number of likely N-dealkylation sites (N-methyl/N-ethyl adjacent to an activating group) is 1. The summed E-state index contributed by atoms with van der Waals surface area (Å²) < 4.78 is 5.70. The second-order valence-corrected chi connectivity index (χ2v) is 8.81. The number of amides is 1. The number of nitrogens with zero attached hydrogens (tertiary/aromatic N) is 4. The number of ether oxygens (including phenoxy) is 1. The average molecular weight is 397 g/mol. The van der Waals surface area contributed by atoms with E-state index in [1.807, 2.05) is 11.9 Å². The van der Waals surface area contributed by atoms with E-state index in [9.17, 15) is 9.59 Å². The van der Waals surface area contributed by atoms with Crippen molar-refractivity contribution >= 4 is 12.1 Å². The van der Waals surface area contributed by atoms with E-state index in [1.165, 1.54) is 25.9 Å². The highest BCUT2D eigenvalue weighted by atomic mass is 16.6. The van der Waals surface area contributed by atoms with Gasteiger partial charge in [-0.1, -0.05) is 0 Å². The van der Waals surface area contributed by atoms with Crippen LogP contribution in [0.5, 0.6) is 0 Å². The molecule has 0 bridgehead atoms. The lowest BCUT2D eigenvalue weighted by Crippen LogP contribution is -2.54. The Morgan fingerprint density at radius 3 is 2.32 bits per heavy atom. The van der Waals surface area contributed by atoms with Crippen molar-refractivity contribution in [3.8, 4) is 0 Å². The minimum Gasteiger partial charge on any atom is -0.480 e. The van der Waals surface area contributed by atoms with Crippen molar-refractivity contribution in [1.29, 1.82) is 0 Å². The fourth-order valence-electron chi connectivity index (χ4n) is 4.78. The molecule has 3 rings (SSSR count). The smallest absolute Gasteiger partial charge is 0.411 e. The summed E-state index contributed by atoms with van der Waals surface area (Å²) >= 11 is 0. The first-order chi connectivity index (χ1) is 13.3. The molecule has 160 valence electrons. The monoisotopic (exact) mass is 396 g/mol. The fourth-order valence-corrected chi connectivity index (χ4v) is 4.78. The van der Waals surface area contributed by atoms with Gasteiger partial charge >= 0.3 is 12.1 Å². The van der Waals surface area contributed by atoms with Crippen LogP contribution in [0.25, 0.3) is 0 Å². The van der Waals surface area contributed by atoms with Crippen molar-refractivity contribution < 1.29 is 19.4 Å². The molecule has 1 N–H and O–H groups in total. The first-order valence-electron chi connectivity index (χ1n) is 10.7. The van der Waals surface area contributed by atoms with Crippen LogP contribution in [-0.4, -0.2) is 108 Å². The summed E-state index contributed by atoms with van der Waals surface area (Å²) in [5.74, 6) is -0.0611. The van der Waals surface area contributed by atoms with E-state index in [1.54, 1.807) is 4.90 Å². The number of piperidine rings is 1. The summed E-state index contributed by atoms with van der Waals surface area (Å²) in [6.45, 7) is 9.83. The Balaban J connectivity index is 1.50. The minimum atomic E-state index is -0.790. The van der Waals surface area contributed by atoms with Crippen molar-refractivity contribution in [2.45, 2.75) is 57.8 Å². The number of hydrogen-bond acceptors (Lipinski definition) is 6. The van der Waals surface area contributed by atoms with Crippen LogP contribution in [0.3, 0.4) is 0 Å². The molecule has 0 radical (unpaired) electrons. The zero-order chi connectivity index (χ0) is 20.3. The van der Waals surface area contributed by atoms with E-state index in [0.29, 0.717) is 19.1 Å². The second kappa shape index (κ2) is 9.41. The van der Waals surface area contributed by atoms with Gasteiger partial charge in [0, 0.05) is 39.3 Å². The van der Waals surface area contributed by atoms with Crippen LogP contribution in [0.2, 0.25) is 0 Å². The first kappa shape index (κ1) is 21.3. The Hall–Kier alpha value is -1.38. The van der Waals surface area contributed by atoms with Gasteiger partial charge in [-0.15, -0.1) is 0 Å². The summed E-state index contributed by atoms with van der Waals surface area (Å²) in [5.41, 5.74) is 0. The van der Waals surface area contributed by atoms with Crippen LogP contribution in [0.4, 0.5) is 4.79 Å². The van der Waals surface area contributed by atoms with Gasteiger partial charge in [-0.3, -0.25) is 14.6 Å². The lowest BCUT2D eigenvalue weighted by molar-refractivity contribution is -0.139. The molecule has 0 aromatic rings. The number of carboxylic acids is 1. The number of aliphatic carboxylic acids is 1. The highest BCUT2D eigenvalue weighted by Crippen LogP contribution is 2.30. The SMILES string of the molecule is CC(C)N1CCC(CCC2C(N3CCN(CC(=O)O)CC3)OC(=O)N2C)CC1. The molecule has 2 unspecified atom stereocenters. The molecule has 3 fully saturated rings. The van der Waals surface area contributed by atoms with Crippen LogP contribution in [0.15, 0.2) is 0 Å². The number of piperazine rings is 1. The van der Waals surface area contributed by atoms with E-state index >= 15 is 0 Å². The van der Waals surface area contributed by atoms with Crippen LogP contribution in [-0.2, 0) is 9.53 Å². The lowest BCUT2D eigenvalue weighted by atomic mass is 9.89. The predicted molar refractivity (Wildman–Crippen MR) is 106 cm³/mol. The number of carbonyl (C=O) groups is 2. The quantitative estimate of drug-likeness (QED) is 0.696. The van der Waals surface area contributed by atoms with Crippen molar-refractivity contribution in [1.82, 2.24) is 19.6 Å². The molecule has 3 heterocycles.